The summed E-state index contributed by atoms with van der Waals surface area (Å²) < 4.78 is 0. The summed E-state index contributed by atoms with van der Waals surface area (Å²) in [6, 6.07) is 0. The van der Waals surface area contributed by atoms with Crippen molar-refractivity contribution < 1.29 is 4.79 Å². The molecule has 1 heteroatoms. The van der Waals surface area contributed by atoms with Crippen molar-refractivity contribution in [3.63, 3.8) is 0 Å². The minimum absolute atomic E-state index is 0.372. The van der Waals surface area contributed by atoms with Crippen molar-refractivity contribution in [2.75, 3.05) is 0 Å². The van der Waals surface area contributed by atoms with E-state index in [0.29, 0.717) is 11.7 Å². The highest BCUT2D eigenvalue weighted by molar-refractivity contribution is 5.95. The second kappa shape index (κ2) is 6.00. The fraction of sp³-hybridized carbons (Fsp3) is 0.769. The second-order valence-corrected chi connectivity index (χ2v) is 4.47. The fourth-order valence-electron chi connectivity index (χ4n) is 2.04. The van der Waals surface area contributed by atoms with Gasteiger partial charge >= 0.3 is 0 Å². The molecule has 0 unspecified atom stereocenters. The maximum Gasteiger partial charge on any atom is 0.158 e. The van der Waals surface area contributed by atoms with Crippen molar-refractivity contribution in [2.24, 2.45) is 5.92 Å². The van der Waals surface area contributed by atoms with E-state index < -0.39 is 0 Å². The van der Waals surface area contributed by atoms with Crippen LogP contribution < -0.4 is 0 Å². The van der Waals surface area contributed by atoms with Crippen molar-refractivity contribution in [1.82, 2.24) is 0 Å². The molecular formula is C13H22O. The average Bonchev–Trinajstić information content (AvgIpc) is 2.18. The van der Waals surface area contributed by atoms with Crippen LogP contribution in [0.5, 0.6) is 0 Å². The highest BCUT2D eigenvalue weighted by Crippen LogP contribution is 2.25. The van der Waals surface area contributed by atoms with E-state index in [4.69, 9.17) is 0 Å². The van der Waals surface area contributed by atoms with Crippen molar-refractivity contribution in [2.45, 2.75) is 58.8 Å². The predicted molar refractivity (Wildman–Crippen MR) is 60.2 cm³/mol. The van der Waals surface area contributed by atoms with Gasteiger partial charge in [0.2, 0.25) is 0 Å². The van der Waals surface area contributed by atoms with Crippen LogP contribution in [0.1, 0.15) is 58.8 Å². The summed E-state index contributed by atoms with van der Waals surface area (Å²) in [7, 11) is 0. The van der Waals surface area contributed by atoms with Gasteiger partial charge in [-0.15, -0.1) is 0 Å². The molecule has 0 bridgehead atoms. The molecule has 0 fully saturated rings. The first-order valence-electron chi connectivity index (χ1n) is 5.94. The van der Waals surface area contributed by atoms with E-state index in [1.165, 1.54) is 32.1 Å². The number of hydrogen-bond donors (Lipinski definition) is 0. The van der Waals surface area contributed by atoms with Crippen molar-refractivity contribution in [3.8, 4) is 0 Å². The summed E-state index contributed by atoms with van der Waals surface area (Å²) in [5, 5.41) is 0. The van der Waals surface area contributed by atoms with Crippen LogP contribution in [0.3, 0.4) is 0 Å². The Labute approximate surface area is 87.6 Å². The molecular weight excluding hydrogens is 172 g/mol. The SMILES string of the molecule is CCCCCC[C@@H]1CC=C(C)C(=O)C1. The van der Waals surface area contributed by atoms with Gasteiger partial charge in [0.25, 0.3) is 0 Å². The minimum atomic E-state index is 0.372. The van der Waals surface area contributed by atoms with Crippen LogP contribution in [-0.2, 0) is 4.79 Å². The van der Waals surface area contributed by atoms with Crippen molar-refractivity contribution in [1.29, 1.82) is 0 Å². The zero-order valence-corrected chi connectivity index (χ0v) is 9.51. The first-order chi connectivity index (χ1) is 6.74. The number of carbonyl (C=O) groups excluding carboxylic acids is 1. The number of rotatable bonds is 5. The summed E-state index contributed by atoms with van der Waals surface area (Å²) in [4.78, 5) is 11.4. The van der Waals surface area contributed by atoms with Crippen LogP contribution in [-0.4, -0.2) is 5.78 Å². The molecule has 0 amide bonds. The van der Waals surface area contributed by atoms with E-state index in [0.717, 1.165) is 18.4 Å². The third-order valence-corrected chi connectivity index (χ3v) is 3.14. The molecule has 0 saturated heterocycles. The molecule has 80 valence electrons. The molecule has 1 rings (SSSR count). The van der Waals surface area contributed by atoms with Gasteiger partial charge in [-0.2, -0.15) is 0 Å². The van der Waals surface area contributed by atoms with Gasteiger partial charge in [0.1, 0.15) is 0 Å². The number of allylic oxidation sites excluding steroid dienone is 2. The van der Waals surface area contributed by atoms with E-state index in [9.17, 15) is 4.79 Å². The Balaban J connectivity index is 2.18. The third-order valence-electron chi connectivity index (χ3n) is 3.14. The molecule has 0 aromatic rings. The number of hydrogen-bond acceptors (Lipinski definition) is 1. The summed E-state index contributed by atoms with van der Waals surface area (Å²) >= 11 is 0. The molecule has 0 spiro atoms. The first kappa shape index (κ1) is 11.5. The minimum Gasteiger partial charge on any atom is -0.295 e. The fourth-order valence-corrected chi connectivity index (χ4v) is 2.04. The van der Waals surface area contributed by atoms with E-state index in [1.54, 1.807) is 0 Å². The molecule has 0 aromatic carbocycles. The lowest BCUT2D eigenvalue weighted by Gasteiger charge is -2.19. The number of unbranched alkanes of at least 4 members (excludes halogenated alkanes) is 3. The summed E-state index contributed by atoms with van der Waals surface area (Å²) in [5.74, 6) is 1.01. The van der Waals surface area contributed by atoms with Crippen molar-refractivity contribution in [3.05, 3.63) is 11.6 Å². The van der Waals surface area contributed by atoms with E-state index >= 15 is 0 Å². The van der Waals surface area contributed by atoms with Gasteiger partial charge in [0.15, 0.2) is 5.78 Å². The largest absolute Gasteiger partial charge is 0.295 e. The van der Waals surface area contributed by atoms with Crippen LogP contribution in [0, 0.1) is 5.92 Å². The van der Waals surface area contributed by atoms with Crippen LogP contribution in [0.25, 0.3) is 0 Å². The van der Waals surface area contributed by atoms with Gasteiger partial charge in [0.05, 0.1) is 0 Å². The Morgan fingerprint density at radius 1 is 1.36 bits per heavy atom. The van der Waals surface area contributed by atoms with Gasteiger partial charge in [0, 0.05) is 6.42 Å². The molecule has 1 nitrogen and oxygen atoms in total. The molecule has 1 aliphatic carbocycles. The standard InChI is InChI=1S/C13H22O/c1-3-4-5-6-7-12-9-8-11(2)13(14)10-12/h8,12H,3-7,9-10H2,1-2H3/t12-/m1/s1. The maximum absolute atomic E-state index is 11.4. The number of ketones is 1. The average molecular weight is 194 g/mol. The van der Waals surface area contributed by atoms with E-state index in [2.05, 4.69) is 13.0 Å². The molecule has 0 aliphatic heterocycles. The zero-order chi connectivity index (χ0) is 10.4. The smallest absolute Gasteiger partial charge is 0.158 e. The molecule has 0 heterocycles. The molecule has 14 heavy (non-hydrogen) atoms. The maximum atomic E-state index is 11.4. The Morgan fingerprint density at radius 2 is 2.14 bits per heavy atom. The quantitative estimate of drug-likeness (QED) is 0.607. The van der Waals surface area contributed by atoms with E-state index in [1.807, 2.05) is 6.92 Å². The molecule has 0 radical (unpaired) electrons. The molecule has 0 N–H and O–H groups in total. The predicted octanol–water partition coefficient (Wildman–Crippen LogP) is 3.88. The van der Waals surface area contributed by atoms with Gasteiger partial charge in [-0.05, 0) is 31.3 Å². The summed E-state index contributed by atoms with van der Waals surface area (Å²) in [6.07, 6.45) is 10.6. The normalized spacial score (nSPS) is 22.3. The highest BCUT2D eigenvalue weighted by atomic mass is 16.1. The van der Waals surface area contributed by atoms with Crippen LogP contribution in [0.15, 0.2) is 11.6 Å². The molecule has 0 aromatic heterocycles. The third kappa shape index (κ3) is 3.65. The second-order valence-electron chi connectivity index (χ2n) is 4.47. The number of carbonyl (C=O) groups is 1. The van der Waals surface area contributed by atoms with Gasteiger partial charge < -0.3 is 0 Å². The van der Waals surface area contributed by atoms with Gasteiger partial charge in [-0.3, -0.25) is 4.79 Å². The molecule has 1 atom stereocenters. The first-order valence-corrected chi connectivity index (χ1v) is 5.94. The molecule has 0 saturated carbocycles. The van der Waals surface area contributed by atoms with Crippen LogP contribution in [0.2, 0.25) is 0 Å². The lowest BCUT2D eigenvalue weighted by molar-refractivity contribution is -0.116. The van der Waals surface area contributed by atoms with Gasteiger partial charge in [-0.1, -0.05) is 38.7 Å². The summed E-state index contributed by atoms with van der Waals surface area (Å²) in [5.41, 5.74) is 0.981. The lowest BCUT2D eigenvalue weighted by Crippen LogP contribution is -2.14. The monoisotopic (exact) mass is 194 g/mol. The molecule has 1 aliphatic rings. The summed E-state index contributed by atoms with van der Waals surface area (Å²) in [6.45, 7) is 4.17. The van der Waals surface area contributed by atoms with E-state index in [-0.39, 0.29) is 0 Å². The Morgan fingerprint density at radius 3 is 2.79 bits per heavy atom. The topological polar surface area (TPSA) is 17.1 Å². The van der Waals surface area contributed by atoms with Crippen LogP contribution >= 0.6 is 0 Å². The Bertz CT molecular complexity index is 215. The highest BCUT2D eigenvalue weighted by Gasteiger charge is 2.18. The zero-order valence-electron chi connectivity index (χ0n) is 9.51. The Hall–Kier alpha value is -0.590. The van der Waals surface area contributed by atoms with Crippen LogP contribution in [0.4, 0.5) is 0 Å². The van der Waals surface area contributed by atoms with Gasteiger partial charge in [-0.25, -0.2) is 0 Å². The number of Topliss-reactive ketones (excluding diaryl/α,β-unsaturated/α-hetero) is 1. The van der Waals surface area contributed by atoms with Crippen molar-refractivity contribution >= 4 is 5.78 Å². The Kier molecular flexibility index (Phi) is 4.92. The lowest BCUT2D eigenvalue weighted by atomic mass is 9.86.